The van der Waals surface area contributed by atoms with Gasteiger partial charge in [0.1, 0.15) is 5.82 Å². The van der Waals surface area contributed by atoms with Crippen molar-refractivity contribution < 1.29 is 14.3 Å². The Bertz CT molecular complexity index is 684. The summed E-state index contributed by atoms with van der Waals surface area (Å²) >= 11 is 0. The maximum Gasteiger partial charge on any atom is 0.253 e. The second kappa shape index (κ2) is 8.19. The van der Waals surface area contributed by atoms with Crippen LogP contribution in [0, 0.1) is 0 Å². The highest BCUT2D eigenvalue weighted by atomic mass is 16.5. The standard InChI is InChI=1S/C18H23N3O3/c1-12(2)21-18(22)14-6-8-17(20-11-14)19-10-13-5-7-15(23-3)16(9-13)24-4/h5-9,11-12H,10H2,1-4H3,(H,19,20)(H,21,22). The van der Waals surface area contributed by atoms with E-state index in [-0.39, 0.29) is 11.9 Å². The highest BCUT2D eigenvalue weighted by Crippen LogP contribution is 2.27. The van der Waals surface area contributed by atoms with Gasteiger partial charge in [-0.3, -0.25) is 4.79 Å². The number of carbonyl (C=O) groups is 1. The zero-order valence-electron chi connectivity index (χ0n) is 14.4. The summed E-state index contributed by atoms with van der Waals surface area (Å²) < 4.78 is 10.5. The number of amides is 1. The zero-order chi connectivity index (χ0) is 17.5. The van der Waals surface area contributed by atoms with Crippen LogP contribution in [0.4, 0.5) is 5.82 Å². The van der Waals surface area contributed by atoms with Crippen LogP contribution in [0.3, 0.4) is 0 Å². The Hall–Kier alpha value is -2.76. The molecular weight excluding hydrogens is 306 g/mol. The average molecular weight is 329 g/mol. The first kappa shape index (κ1) is 17.6. The van der Waals surface area contributed by atoms with Gasteiger partial charge in [-0.2, -0.15) is 0 Å². The van der Waals surface area contributed by atoms with Crippen molar-refractivity contribution in [1.29, 1.82) is 0 Å². The van der Waals surface area contributed by atoms with E-state index in [2.05, 4.69) is 15.6 Å². The van der Waals surface area contributed by atoms with Crippen LogP contribution in [-0.4, -0.2) is 31.2 Å². The highest BCUT2D eigenvalue weighted by Gasteiger charge is 2.08. The van der Waals surface area contributed by atoms with Crippen LogP contribution in [-0.2, 0) is 6.54 Å². The molecule has 128 valence electrons. The molecule has 0 fully saturated rings. The molecule has 0 unspecified atom stereocenters. The number of aromatic nitrogens is 1. The van der Waals surface area contributed by atoms with Gasteiger partial charge in [0, 0.05) is 18.8 Å². The van der Waals surface area contributed by atoms with E-state index in [0.29, 0.717) is 29.4 Å². The Morgan fingerprint density at radius 3 is 2.46 bits per heavy atom. The Labute approximate surface area is 142 Å². The summed E-state index contributed by atoms with van der Waals surface area (Å²) in [6, 6.07) is 9.37. The largest absolute Gasteiger partial charge is 0.493 e. The van der Waals surface area contributed by atoms with Gasteiger partial charge in [0.2, 0.25) is 0 Å². The topological polar surface area (TPSA) is 72.5 Å². The molecule has 0 aliphatic rings. The third kappa shape index (κ3) is 4.62. The fourth-order valence-electron chi connectivity index (χ4n) is 2.16. The van der Waals surface area contributed by atoms with Crippen molar-refractivity contribution in [3.63, 3.8) is 0 Å². The number of carbonyl (C=O) groups excluding carboxylic acids is 1. The van der Waals surface area contributed by atoms with Crippen molar-refractivity contribution in [2.45, 2.75) is 26.4 Å². The molecule has 0 saturated carbocycles. The number of hydrogen-bond donors (Lipinski definition) is 2. The van der Waals surface area contributed by atoms with Gasteiger partial charge >= 0.3 is 0 Å². The molecule has 0 aliphatic heterocycles. The Balaban J connectivity index is 1.98. The lowest BCUT2D eigenvalue weighted by molar-refractivity contribution is 0.0943. The molecule has 1 aromatic heterocycles. The molecule has 6 nitrogen and oxygen atoms in total. The highest BCUT2D eigenvalue weighted by molar-refractivity contribution is 5.94. The van der Waals surface area contributed by atoms with Crippen molar-refractivity contribution in [3.8, 4) is 11.5 Å². The van der Waals surface area contributed by atoms with E-state index in [1.54, 1.807) is 32.5 Å². The third-order valence-corrected chi connectivity index (χ3v) is 3.37. The minimum atomic E-state index is -0.121. The van der Waals surface area contributed by atoms with Crippen LogP contribution in [0.15, 0.2) is 36.5 Å². The number of nitrogens with one attached hydrogen (secondary N) is 2. The number of anilines is 1. The second-order valence-electron chi connectivity index (χ2n) is 5.60. The Kier molecular flexibility index (Phi) is 6.01. The third-order valence-electron chi connectivity index (χ3n) is 3.37. The number of rotatable bonds is 7. The summed E-state index contributed by atoms with van der Waals surface area (Å²) in [5, 5.41) is 6.05. The van der Waals surface area contributed by atoms with Gasteiger partial charge in [0.05, 0.1) is 19.8 Å². The molecule has 1 amide bonds. The zero-order valence-corrected chi connectivity index (χ0v) is 14.4. The first-order chi connectivity index (χ1) is 11.5. The lowest BCUT2D eigenvalue weighted by atomic mass is 10.2. The summed E-state index contributed by atoms with van der Waals surface area (Å²) in [6.07, 6.45) is 1.56. The monoisotopic (exact) mass is 329 g/mol. The number of methoxy groups -OCH3 is 2. The van der Waals surface area contributed by atoms with Crippen LogP contribution >= 0.6 is 0 Å². The number of ether oxygens (including phenoxy) is 2. The number of pyridine rings is 1. The summed E-state index contributed by atoms with van der Waals surface area (Å²) in [6.45, 7) is 4.43. The van der Waals surface area contributed by atoms with Crippen LogP contribution in [0.5, 0.6) is 11.5 Å². The van der Waals surface area contributed by atoms with E-state index in [9.17, 15) is 4.79 Å². The SMILES string of the molecule is COc1ccc(CNc2ccc(C(=O)NC(C)C)cn2)cc1OC. The van der Waals surface area contributed by atoms with E-state index < -0.39 is 0 Å². The fraction of sp³-hybridized carbons (Fsp3) is 0.333. The molecule has 1 heterocycles. The summed E-state index contributed by atoms with van der Waals surface area (Å²) in [4.78, 5) is 16.1. The molecule has 0 atom stereocenters. The average Bonchev–Trinajstić information content (AvgIpc) is 2.59. The summed E-state index contributed by atoms with van der Waals surface area (Å²) in [5.74, 6) is 1.96. The molecule has 2 rings (SSSR count). The predicted molar refractivity (Wildman–Crippen MR) is 93.7 cm³/mol. The van der Waals surface area contributed by atoms with Gasteiger partial charge in [0.25, 0.3) is 5.91 Å². The van der Waals surface area contributed by atoms with Crippen molar-refractivity contribution in [2.24, 2.45) is 0 Å². The maximum atomic E-state index is 11.9. The van der Waals surface area contributed by atoms with E-state index in [1.165, 1.54) is 0 Å². The van der Waals surface area contributed by atoms with Crippen molar-refractivity contribution in [1.82, 2.24) is 10.3 Å². The molecule has 0 aliphatic carbocycles. The van der Waals surface area contributed by atoms with Crippen LogP contribution < -0.4 is 20.1 Å². The number of hydrogen-bond acceptors (Lipinski definition) is 5. The molecular formula is C18H23N3O3. The first-order valence-electron chi connectivity index (χ1n) is 7.75. The minimum absolute atomic E-state index is 0.0975. The van der Waals surface area contributed by atoms with Crippen LogP contribution in [0.2, 0.25) is 0 Å². The van der Waals surface area contributed by atoms with Crippen molar-refractivity contribution >= 4 is 11.7 Å². The molecule has 0 saturated heterocycles. The van der Waals surface area contributed by atoms with Gasteiger partial charge in [-0.15, -0.1) is 0 Å². The lowest BCUT2D eigenvalue weighted by Crippen LogP contribution is -2.30. The summed E-state index contributed by atoms with van der Waals surface area (Å²) in [7, 11) is 3.22. The van der Waals surface area contributed by atoms with E-state index >= 15 is 0 Å². The van der Waals surface area contributed by atoms with Gasteiger partial charge in [-0.25, -0.2) is 4.98 Å². The minimum Gasteiger partial charge on any atom is -0.493 e. The fourth-order valence-corrected chi connectivity index (χ4v) is 2.16. The predicted octanol–water partition coefficient (Wildman–Crippen LogP) is 2.85. The van der Waals surface area contributed by atoms with Crippen molar-refractivity contribution in [3.05, 3.63) is 47.7 Å². The van der Waals surface area contributed by atoms with Gasteiger partial charge < -0.3 is 20.1 Å². The Morgan fingerprint density at radius 1 is 1.12 bits per heavy atom. The van der Waals surface area contributed by atoms with E-state index in [4.69, 9.17) is 9.47 Å². The van der Waals surface area contributed by atoms with Crippen LogP contribution in [0.1, 0.15) is 29.8 Å². The van der Waals surface area contributed by atoms with Gasteiger partial charge in [-0.05, 0) is 43.7 Å². The smallest absolute Gasteiger partial charge is 0.253 e. The lowest BCUT2D eigenvalue weighted by Gasteiger charge is -2.11. The molecule has 0 radical (unpaired) electrons. The van der Waals surface area contributed by atoms with Gasteiger partial charge in [0.15, 0.2) is 11.5 Å². The van der Waals surface area contributed by atoms with E-state index in [1.807, 2.05) is 32.0 Å². The molecule has 1 aromatic carbocycles. The quantitative estimate of drug-likeness (QED) is 0.817. The molecule has 2 N–H and O–H groups in total. The van der Waals surface area contributed by atoms with Crippen LogP contribution in [0.25, 0.3) is 0 Å². The maximum absolute atomic E-state index is 11.9. The molecule has 0 bridgehead atoms. The molecule has 24 heavy (non-hydrogen) atoms. The van der Waals surface area contributed by atoms with Gasteiger partial charge in [-0.1, -0.05) is 6.07 Å². The summed E-state index contributed by atoms with van der Waals surface area (Å²) in [5.41, 5.74) is 1.58. The van der Waals surface area contributed by atoms with Crippen molar-refractivity contribution in [2.75, 3.05) is 19.5 Å². The van der Waals surface area contributed by atoms with E-state index in [0.717, 1.165) is 5.56 Å². The Morgan fingerprint density at radius 2 is 1.88 bits per heavy atom. The normalized spacial score (nSPS) is 10.4. The molecule has 2 aromatic rings. The number of nitrogens with zero attached hydrogens (tertiary/aromatic N) is 1. The second-order valence-corrected chi connectivity index (χ2v) is 5.60. The number of benzene rings is 1. The molecule has 6 heteroatoms. The molecule has 0 spiro atoms. The first-order valence-corrected chi connectivity index (χ1v) is 7.75.